The van der Waals surface area contributed by atoms with Crippen LogP contribution < -0.4 is 6.15 Å². The molecule has 0 aliphatic carbocycles. The van der Waals surface area contributed by atoms with Crippen molar-refractivity contribution < 1.29 is 13.0 Å². The Labute approximate surface area is 110 Å². The first-order valence-corrected chi connectivity index (χ1v) is 7.10. The van der Waals surface area contributed by atoms with Crippen molar-refractivity contribution >= 4 is 10.1 Å². The molecule has 18 heavy (non-hydrogen) atoms. The second kappa shape index (κ2) is 10.0. The smallest absolute Gasteiger partial charge is 0.264 e. The lowest BCUT2D eigenvalue weighted by Gasteiger charge is -2.08. The second-order valence-corrected chi connectivity index (χ2v) is 5.58. The minimum absolute atomic E-state index is 0. The highest BCUT2D eigenvalue weighted by atomic mass is 32.2. The molecule has 0 amide bonds. The van der Waals surface area contributed by atoms with E-state index in [1.54, 1.807) is 6.92 Å². The van der Waals surface area contributed by atoms with Gasteiger partial charge >= 0.3 is 0 Å². The van der Waals surface area contributed by atoms with E-state index in [1.165, 1.54) is 5.56 Å². The van der Waals surface area contributed by atoms with Crippen molar-refractivity contribution in [3.05, 3.63) is 35.9 Å². The third-order valence-electron chi connectivity index (χ3n) is 1.80. The van der Waals surface area contributed by atoms with Gasteiger partial charge in [0.15, 0.2) is 0 Å². The number of hydrogen-bond acceptors (Lipinski definition) is 4. The summed E-state index contributed by atoms with van der Waals surface area (Å²) in [6.07, 6.45) is 0.471. The molecule has 6 heteroatoms. The summed E-state index contributed by atoms with van der Waals surface area (Å²) in [5.41, 5.74) is 1.37. The van der Waals surface area contributed by atoms with Crippen LogP contribution in [0.5, 0.6) is 0 Å². The van der Waals surface area contributed by atoms with Gasteiger partial charge in [-0.1, -0.05) is 37.3 Å². The lowest BCUT2D eigenvalue weighted by Crippen LogP contribution is -2.10. The average Bonchev–Trinajstić information content (AvgIpc) is 2.17. The fourth-order valence-electron chi connectivity index (χ4n) is 1.21. The van der Waals surface area contributed by atoms with Gasteiger partial charge in [0.05, 0.1) is 5.75 Å². The summed E-state index contributed by atoms with van der Waals surface area (Å²) >= 11 is 0. The number of hydrogen-bond donors (Lipinski definition) is 2. The SMILES string of the molecule is CCCS(=O)(=O)O.CN(C)Cc1ccccc1.N. The zero-order valence-corrected chi connectivity index (χ0v) is 12.2. The van der Waals surface area contributed by atoms with Crippen molar-refractivity contribution in [1.82, 2.24) is 11.1 Å². The summed E-state index contributed by atoms with van der Waals surface area (Å²) in [4.78, 5) is 2.16. The van der Waals surface area contributed by atoms with Crippen molar-refractivity contribution in [2.24, 2.45) is 0 Å². The molecule has 0 heterocycles. The van der Waals surface area contributed by atoms with Crippen LogP contribution >= 0.6 is 0 Å². The van der Waals surface area contributed by atoms with Gasteiger partial charge in [-0.15, -0.1) is 0 Å². The fourth-order valence-corrected chi connectivity index (χ4v) is 1.72. The van der Waals surface area contributed by atoms with E-state index in [0.29, 0.717) is 6.42 Å². The van der Waals surface area contributed by atoms with Crippen LogP contribution in [0.1, 0.15) is 18.9 Å². The molecular formula is C12H24N2O3S. The van der Waals surface area contributed by atoms with Crippen LogP contribution in [0.25, 0.3) is 0 Å². The van der Waals surface area contributed by atoms with E-state index in [4.69, 9.17) is 4.55 Å². The highest BCUT2D eigenvalue weighted by Crippen LogP contribution is 1.99. The minimum Gasteiger partial charge on any atom is -0.344 e. The molecule has 0 fully saturated rings. The molecule has 5 nitrogen and oxygen atoms in total. The molecule has 0 bridgehead atoms. The number of rotatable bonds is 4. The third-order valence-corrected chi connectivity index (χ3v) is 2.73. The zero-order chi connectivity index (χ0) is 13.3. The van der Waals surface area contributed by atoms with Crippen molar-refractivity contribution in [1.29, 1.82) is 0 Å². The van der Waals surface area contributed by atoms with E-state index in [-0.39, 0.29) is 11.9 Å². The minimum atomic E-state index is -3.67. The molecular weight excluding hydrogens is 252 g/mol. The van der Waals surface area contributed by atoms with Gasteiger partial charge in [-0.25, -0.2) is 0 Å². The summed E-state index contributed by atoms with van der Waals surface area (Å²) < 4.78 is 27.6. The summed E-state index contributed by atoms with van der Waals surface area (Å²) in [7, 11) is 0.479. The maximum Gasteiger partial charge on any atom is 0.264 e. The largest absolute Gasteiger partial charge is 0.344 e. The molecule has 0 saturated heterocycles. The van der Waals surface area contributed by atoms with Crippen LogP contribution in [0.15, 0.2) is 30.3 Å². The van der Waals surface area contributed by atoms with Crippen LogP contribution in [0.2, 0.25) is 0 Å². The molecule has 1 aromatic carbocycles. The Balaban J connectivity index is 0. The lowest BCUT2D eigenvalue weighted by molar-refractivity contribution is 0.402. The number of benzene rings is 1. The van der Waals surface area contributed by atoms with Crippen LogP contribution in [0, 0.1) is 0 Å². The second-order valence-electron chi connectivity index (χ2n) is 4.01. The Morgan fingerprint density at radius 1 is 1.17 bits per heavy atom. The molecule has 0 radical (unpaired) electrons. The summed E-state index contributed by atoms with van der Waals surface area (Å²) in [6.45, 7) is 2.72. The molecule has 106 valence electrons. The first-order chi connectivity index (χ1) is 7.85. The van der Waals surface area contributed by atoms with E-state index in [0.717, 1.165) is 6.54 Å². The molecule has 0 aliphatic rings. The van der Waals surface area contributed by atoms with Gasteiger partial charge in [-0.05, 0) is 26.1 Å². The highest BCUT2D eigenvalue weighted by molar-refractivity contribution is 7.85. The molecule has 0 aromatic heterocycles. The van der Waals surface area contributed by atoms with E-state index in [2.05, 4.69) is 43.3 Å². The van der Waals surface area contributed by atoms with Crippen LogP contribution in [-0.4, -0.2) is 37.7 Å². The Kier molecular flexibility index (Phi) is 10.8. The maximum absolute atomic E-state index is 9.79. The van der Waals surface area contributed by atoms with Gasteiger partial charge in [0.2, 0.25) is 0 Å². The normalized spacial score (nSPS) is 10.3. The Bertz CT molecular complexity index is 391. The molecule has 0 aliphatic heterocycles. The van der Waals surface area contributed by atoms with Gasteiger partial charge in [0, 0.05) is 6.54 Å². The molecule has 4 N–H and O–H groups in total. The van der Waals surface area contributed by atoms with Crippen molar-refractivity contribution in [2.75, 3.05) is 19.8 Å². The van der Waals surface area contributed by atoms with Crippen molar-refractivity contribution in [2.45, 2.75) is 19.9 Å². The Morgan fingerprint density at radius 2 is 1.67 bits per heavy atom. The van der Waals surface area contributed by atoms with Gasteiger partial charge in [0.1, 0.15) is 0 Å². The molecule has 1 aromatic rings. The van der Waals surface area contributed by atoms with Gasteiger partial charge < -0.3 is 11.1 Å². The highest BCUT2D eigenvalue weighted by Gasteiger charge is 1.98. The number of nitrogens with zero attached hydrogens (tertiary/aromatic N) is 1. The first kappa shape index (κ1) is 19.4. The predicted octanol–water partition coefficient (Wildman–Crippen LogP) is 2.19. The Morgan fingerprint density at radius 3 is 1.94 bits per heavy atom. The third kappa shape index (κ3) is 13.1. The van der Waals surface area contributed by atoms with E-state index < -0.39 is 10.1 Å². The van der Waals surface area contributed by atoms with E-state index in [9.17, 15) is 8.42 Å². The van der Waals surface area contributed by atoms with E-state index >= 15 is 0 Å². The van der Waals surface area contributed by atoms with Gasteiger partial charge in [0.25, 0.3) is 10.1 Å². The first-order valence-electron chi connectivity index (χ1n) is 5.49. The predicted molar refractivity (Wildman–Crippen MR) is 75.6 cm³/mol. The fraction of sp³-hybridized carbons (Fsp3) is 0.500. The van der Waals surface area contributed by atoms with Gasteiger partial charge in [-0.2, -0.15) is 8.42 Å². The summed E-state index contributed by atoms with van der Waals surface area (Å²) in [5, 5.41) is 0. The van der Waals surface area contributed by atoms with Gasteiger partial charge in [-0.3, -0.25) is 4.55 Å². The quantitative estimate of drug-likeness (QED) is 0.822. The average molecular weight is 276 g/mol. The van der Waals surface area contributed by atoms with Crippen LogP contribution in [-0.2, 0) is 16.7 Å². The molecule has 0 atom stereocenters. The summed E-state index contributed by atoms with van der Waals surface area (Å²) in [6, 6.07) is 10.5. The topological polar surface area (TPSA) is 92.6 Å². The van der Waals surface area contributed by atoms with Crippen molar-refractivity contribution in [3.8, 4) is 0 Å². The lowest BCUT2D eigenvalue weighted by atomic mass is 10.2. The maximum atomic E-state index is 9.79. The van der Waals surface area contributed by atoms with Crippen LogP contribution in [0.3, 0.4) is 0 Å². The standard InChI is InChI=1S/C9H13N.C3H8O3S.H3N/c1-10(2)8-9-6-4-3-5-7-9;1-2-3-7(4,5)6;/h3-7H,8H2,1-2H3;2-3H2,1H3,(H,4,5,6);1H3. The molecule has 1 rings (SSSR count). The Hall–Kier alpha value is -0.950. The van der Waals surface area contributed by atoms with E-state index in [1.807, 2.05) is 6.07 Å². The summed E-state index contributed by atoms with van der Waals surface area (Å²) in [5.74, 6) is -0.132. The molecule has 0 unspecified atom stereocenters. The van der Waals surface area contributed by atoms with Crippen LogP contribution in [0.4, 0.5) is 0 Å². The monoisotopic (exact) mass is 276 g/mol. The zero-order valence-electron chi connectivity index (χ0n) is 11.3. The molecule has 0 spiro atoms. The molecule has 0 saturated carbocycles. The van der Waals surface area contributed by atoms with Crippen molar-refractivity contribution in [3.63, 3.8) is 0 Å².